The van der Waals surface area contributed by atoms with Crippen molar-refractivity contribution >= 4 is 34.8 Å². The lowest BCUT2D eigenvalue weighted by molar-refractivity contribution is 0.0962. The maximum atomic E-state index is 12.2. The number of hydrazine groups is 1. The van der Waals surface area contributed by atoms with E-state index in [2.05, 4.69) is 20.8 Å². The molecule has 0 bridgehead atoms. The zero-order chi connectivity index (χ0) is 19.6. The molecule has 0 aliphatic heterocycles. The number of nitrogens with two attached hydrogens (primary N) is 1. The van der Waals surface area contributed by atoms with Crippen LogP contribution in [0, 0.1) is 22.7 Å². The predicted molar refractivity (Wildman–Crippen MR) is 102 cm³/mol. The van der Waals surface area contributed by atoms with Crippen LogP contribution in [0.2, 0.25) is 5.02 Å². The van der Waals surface area contributed by atoms with E-state index >= 15 is 0 Å². The number of carbonyl (C=O) groups is 1. The average Bonchev–Trinajstić information content (AvgIpc) is 2.68. The molecule has 0 atom stereocenters. The van der Waals surface area contributed by atoms with Crippen LogP contribution in [0.5, 0.6) is 0 Å². The van der Waals surface area contributed by atoms with Gasteiger partial charge in [-0.2, -0.15) is 10.5 Å². The monoisotopic (exact) mass is 384 g/mol. The fourth-order valence-corrected chi connectivity index (χ4v) is 2.48. The number of hydrogen-bond donors (Lipinski definition) is 3. The Morgan fingerprint density at radius 2 is 1.85 bits per heavy atom. The molecule has 9 nitrogen and oxygen atoms in total. The highest BCUT2D eigenvalue weighted by atomic mass is 35.5. The van der Waals surface area contributed by atoms with Crippen molar-refractivity contribution in [1.82, 2.24) is 15.4 Å². The first-order chi connectivity index (χ1) is 13.1. The summed E-state index contributed by atoms with van der Waals surface area (Å²) in [5.74, 6) is 0.121. The predicted octanol–water partition coefficient (Wildman–Crippen LogP) is 2.10. The molecule has 0 radical (unpaired) electrons. The third kappa shape index (κ3) is 5.21. The van der Waals surface area contributed by atoms with Gasteiger partial charge < -0.3 is 10.6 Å². The molecule has 0 aliphatic carbocycles. The largest absolute Gasteiger partial charge is 0.393 e. The molecule has 0 fully saturated rings. The molecule has 1 heterocycles. The second-order valence-electron chi connectivity index (χ2n) is 5.32. The maximum Gasteiger partial charge on any atom is 0.271 e. The van der Waals surface area contributed by atoms with Crippen LogP contribution < -0.4 is 21.5 Å². The number of amides is 1. The molecule has 1 aromatic heterocycles. The second kappa shape index (κ2) is 9.80. The number of aromatic nitrogens is 2. The number of rotatable bonds is 8. The van der Waals surface area contributed by atoms with Gasteiger partial charge in [0.25, 0.3) is 5.91 Å². The summed E-state index contributed by atoms with van der Waals surface area (Å²) < 4.78 is 0. The van der Waals surface area contributed by atoms with Crippen molar-refractivity contribution in [2.24, 2.45) is 0 Å². The van der Waals surface area contributed by atoms with E-state index < -0.39 is 5.91 Å². The van der Waals surface area contributed by atoms with E-state index in [9.17, 15) is 4.79 Å². The molecule has 1 amide bonds. The molecule has 0 spiro atoms. The molecule has 0 unspecified atom stereocenters. The Kier molecular flexibility index (Phi) is 7.17. The van der Waals surface area contributed by atoms with Crippen LogP contribution in [0.1, 0.15) is 23.2 Å². The van der Waals surface area contributed by atoms with Gasteiger partial charge in [0.05, 0.1) is 35.6 Å². The highest BCUT2D eigenvalue weighted by Gasteiger charge is 2.16. The Hall–Kier alpha value is -3.56. The van der Waals surface area contributed by atoms with Gasteiger partial charge in [0.2, 0.25) is 0 Å². The first-order valence-corrected chi connectivity index (χ1v) is 8.36. The lowest BCUT2D eigenvalue weighted by Crippen LogP contribution is -2.32. The van der Waals surface area contributed by atoms with E-state index in [-0.39, 0.29) is 24.3 Å². The molecule has 0 saturated carbocycles. The van der Waals surface area contributed by atoms with E-state index in [1.54, 1.807) is 29.2 Å². The minimum Gasteiger partial charge on any atom is -0.393 e. The van der Waals surface area contributed by atoms with E-state index in [0.29, 0.717) is 29.5 Å². The fourth-order valence-electron chi connectivity index (χ4n) is 2.26. The van der Waals surface area contributed by atoms with Crippen LogP contribution in [-0.4, -0.2) is 29.0 Å². The molecular formula is C17H17ClN8O. The molecule has 0 aliphatic rings. The molecule has 4 N–H and O–H groups in total. The van der Waals surface area contributed by atoms with Crippen molar-refractivity contribution in [2.75, 3.05) is 29.1 Å². The summed E-state index contributed by atoms with van der Waals surface area (Å²) >= 11 is 6.00. The zero-order valence-corrected chi connectivity index (χ0v) is 15.1. The number of hydrogen-bond acceptors (Lipinski definition) is 8. The number of nitrogens with zero attached hydrogens (tertiary/aromatic N) is 5. The summed E-state index contributed by atoms with van der Waals surface area (Å²) in [6.07, 6.45) is 1.78. The maximum absolute atomic E-state index is 12.2. The topological polar surface area (TPSA) is 144 Å². The average molecular weight is 385 g/mol. The summed E-state index contributed by atoms with van der Waals surface area (Å²) in [5, 5.41) is 17.9. The summed E-state index contributed by atoms with van der Waals surface area (Å²) in [6.45, 7) is 0.732. The molecule has 1 aromatic carbocycles. The van der Waals surface area contributed by atoms with Crippen molar-refractivity contribution in [3.63, 3.8) is 0 Å². The smallest absolute Gasteiger partial charge is 0.271 e. The summed E-state index contributed by atoms with van der Waals surface area (Å²) in [6, 6.07) is 10.7. The van der Waals surface area contributed by atoms with Crippen LogP contribution in [0.25, 0.3) is 0 Å². The highest BCUT2D eigenvalue weighted by Crippen LogP contribution is 2.26. The number of halogens is 1. The van der Waals surface area contributed by atoms with Crippen LogP contribution in [-0.2, 0) is 0 Å². The quantitative estimate of drug-likeness (QED) is 0.587. The third-order valence-corrected chi connectivity index (χ3v) is 3.89. The third-order valence-electron chi connectivity index (χ3n) is 3.56. The molecule has 0 saturated heterocycles. The van der Waals surface area contributed by atoms with Gasteiger partial charge in [-0.1, -0.05) is 23.7 Å². The number of benzene rings is 1. The molecular weight excluding hydrogens is 368 g/mol. The summed E-state index contributed by atoms with van der Waals surface area (Å²) in [4.78, 5) is 22.1. The fraction of sp³-hybridized carbons (Fsp3) is 0.235. The van der Waals surface area contributed by atoms with Gasteiger partial charge in [-0.3, -0.25) is 15.6 Å². The van der Waals surface area contributed by atoms with Gasteiger partial charge >= 0.3 is 0 Å². The Balaban J connectivity index is 2.15. The Morgan fingerprint density at radius 3 is 2.48 bits per heavy atom. The Bertz CT molecular complexity index is 871. The lowest BCUT2D eigenvalue weighted by Gasteiger charge is -2.23. The number of nitrogens with one attached hydrogen (secondary N) is 2. The summed E-state index contributed by atoms with van der Waals surface area (Å²) in [5.41, 5.74) is 11.7. The minimum absolute atomic E-state index is 0.188. The van der Waals surface area contributed by atoms with Crippen molar-refractivity contribution in [3.8, 4) is 12.1 Å². The zero-order valence-electron chi connectivity index (χ0n) is 14.3. The van der Waals surface area contributed by atoms with E-state index in [1.807, 2.05) is 12.1 Å². The van der Waals surface area contributed by atoms with E-state index in [1.165, 1.54) is 6.33 Å². The van der Waals surface area contributed by atoms with Crippen LogP contribution in [0.4, 0.5) is 17.3 Å². The lowest BCUT2D eigenvalue weighted by atomic mass is 10.2. The van der Waals surface area contributed by atoms with Gasteiger partial charge in [0, 0.05) is 13.1 Å². The van der Waals surface area contributed by atoms with Crippen molar-refractivity contribution in [2.45, 2.75) is 12.8 Å². The van der Waals surface area contributed by atoms with Crippen LogP contribution in [0.3, 0.4) is 0 Å². The van der Waals surface area contributed by atoms with Crippen molar-refractivity contribution in [3.05, 3.63) is 41.2 Å². The number of nitrogen functional groups attached to an aromatic ring is 1. The van der Waals surface area contributed by atoms with E-state index in [0.717, 1.165) is 0 Å². The van der Waals surface area contributed by atoms with Crippen LogP contribution in [0.15, 0.2) is 30.6 Å². The second-order valence-corrected chi connectivity index (χ2v) is 5.73. The Morgan fingerprint density at radius 1 is 1.19 bits per heavy atom. The van der Waals surface area contributed by atoms with Crippen molar-refractivity contribution in [1.29, 1.82) is 10.5 Å². The number of anilines is 3. The highest BCUT2D eigenvalue weighted by molar-refractivity contribution is 6.33. The molecule has 138 valence electrons. The minimum atomic E-state index is -0.453. The van der Waals surface area contributed by atoms with Gasteiger partial charge in [-0.05, 0) is 12.1 Å². The van der Waals surface area contributed by atoms with Crippen LogP contribution >= 0.6 is 11.6 Å². The van der Waals surface area contributed by atoms with Gasteiger partial charge in [0.15, 0.2) is 11.6 Å². The van der Waals surface area contributed by atoms with Gasteiger partial charge in [-0.15, -0.1) is 0 Å². The van der Waals surface area contributed by atoms with Gasteiger partial charge in [-0.25, -0.2) is 9.97 Å². The van der Waals surface area contributed by atoms with Gasteiger partial charge in [0.1, 0.15) is 12.0 Å². The SMILES string of the molecule is N#CCCN(CCC#N)c1ncnc(NNC(=O)c2ccccc2Cl)c1N. The number of carbonyl (C=O) groups excluding carboxylic acids is 1. The molecule has 2 aromatic rings. The Labute approximate surface area is 161 Å². The molecule has 27 heavy (non-hydrogen) atoms. The normalized spacial score (nSPS) is 9.74. The first kappa shape index (κ1) is 19.8. The van der Waals surface area contributed by atoms with Crippen molar-refractivity contribution < 1.29 is 4.79 Å². The summed E-state index contributed by atoms with van der Waals surface area (Å²) in [7, 11) is 0. The first-order valence-electron chi connectivity index (χ1n) is 7.98. The molecule has 10 heteroatoms. The van der Waals surface area contributed by atoms with E-state index in [4.69, 9.17) is 27.9 Å². The number of nitriles is 2. The standard InChI is InChI=1S/C17H17ClN8O/c18-13-6-2-1-5-12(13)17(27)25-24-15-14(21)16(23-11-22-15)26(9-3-7-19)10-4-8-20/h1-2,5-6,11H,3-4,9-10,21H2,(H,25,27)(H,22,23,24). The molecule has 2 rings (SSSR count).